The number of ether oxygens (including phenoxy) is 1. The summed E-state index contributed by atoms with van der Waals surface area (Å²) in [4.78, 5) is 23.8. The van der Waals surface area contributed by atoms with Gasteiger partial charge in [0.15, 0.2) is 0 Å². The van der Waals surface area contributed by atoms with Crippen molar-refractivity contribution >= 4 is 34.8 Å². The van der Waals surface area contributed by atoms with Crippen LogP contribution in [0.1, 0.15) is 9.67 Å². The fourth-order valence-electron chi connectivity index (χ4n) is 1.63. The molecule has 1 aromatic carbocycles. The molecule has 0 unspecified atom stereocenters. The lowest BCUT2D eigenvalue weighted by molar-refractivity contribution is -0.120. The van der Waals surface area contributed by atoms with E-state index in [1.54, 1.807) is 36.4 Å². The van der Waals surface area contributed by atoms with Crippen LogP contribution >= 0.6 is 22.9 Å². The fraction of sp³-hybridized carbons (Fsp3) is 0.200. The highest BCUT2D eigenvalue weighted by Crippen LogP contribution is 2.16. The number of thiophene rings is 1. The predicted octanol–water partition coefficient (Wildman–Crippen LogP) is 2.33. The van der Waals surface area contributed by atoms with Crippen molar-refractivity contribution in [1.82, 2.24) is 10.6 Å². The van der Waals surface area contributed by atoms with Crippen LogP contribution < -0.4 is 15.4 Å². The number of amides is 2. The Balaban J connectivity index is 1.61. The van der Waals surface area contributed by atoms with E-state index in [0.717, 1.165) is 0 Å². The van der Waals surface area contributed by atoms with Gasteiger partial charge >= 0.3 is 0 Å². The highest BCUT2D eigenvalue weighted by atomic mass is 35.5. The number of carbonyl (C=O) groups is 2. The molecule has 0 aliphatic carbocycles. The van der Waals surface area contributed by atoms with Crippen LogP contribution in [0, 0.1) is 0 Å². The lowest BCUT2D eigenvalue weighted by atomic mass is 10.3. The molecule has 2 aromatic rings. The lowest BCUT2D eigenvalue weighted by Gasteiger charge is -2.08. The molecule has 0 fully saturated rings. The zero-order chi connectivity index (χ0) is 15.8. The monoisotopic (exact) mass is 338 g/mol. The largest absolute Gasteiger partial charge is 0.492 e. The molecule has 5 nitrogen and oxygen atoms in total. The Bertz CT molecular complexity index is 631. The Kier molecular flexibility index (Phi) is 6.24. The first kappa shape index (κ1) is 16.3. The van der Waals surface area contributed by atoms with Crippen molar-refractivity contribution < 1.29 is 14.3 Å². The summed E-state index contributed by atoms with van der Waals surface area (Å²) < 4.78 is 5.44. The maximum Gasteiger partial charge on any atom is 0.261 e. The number of hydrogen-bond acceptors (Lipinski definition) is 4. The first-order valence-electron chi connectivity index (χ1n) is 6.62. The molecule has 2 N–H and O–H groups in total. The molecule has 0 aliphatic heterocycles. The van der Waals surface area contributed by atoms with Gasteiger partial charge in [-0.15, -0.1) is 11.3 Å². The molecule has 0 bridgehead atoms. The maximum atomic E-state index is 11.6. The van der Waals surface area contributed by atoms with E-state index in [9.17, 15) is 9.59 Å². The summed E-state index contributed by atoms with van der Waals surface area (Å²) in [7, 11) is 0. The number of nitrogens with one attached hydrogen (secondary N) is 2. The topological polar surface area (TPSA) is 67.4 Å². The Morgan fingerprint density at radius 1 is 1.18 bits per heavy atom. The van der Waals surface area contributed by atoms with Crippen LogP contribution in [0.3, 0.4) is 0 Å². The smallest absolute Gasteiger partial charge is 0.261 e. The number of halogens is 1. The number of hydrogen-bond donors (Lipinski definition) is 2. The number of benzene rings is 1. The van der Waals surface area contributed by atoms with E-state index < -0.39 is 0 Å². The molecule has 2 rings (SSSR count). The standard InChI is InChI=1S/C15H15ClN2O3S/c16-11-3-1-4-12(9-11)21-7-6-17-14(19)10-18-15(20)13-5-2-8-22-13/h1-5,8-9H,6-7,10H2,(H,17,19)(H,18,20). The maximum absolute atomic E-state index is 11.6. The van der Waals surface area contributed by atoms with E-state index in [4.69, 9.17) is 16.3 Å². The van der Waals surface area contributed by atoms with E-state index >= 15 is 0 Å². The third kappa shape index (κ3) is 5.38. The molecule has 2 amide bonds. The molecule has 116 valence electrons. The minimum absolute atomic E-state index is 0.0616. The predicted molar refractivity (Wildman–Crippen MR) is 86.6 cm³/mol. The van der Waals surface area contributed by atoms with Crippen LogP contribution in [0.25, 0.3) is 0 Å². The molecule has 0 saturated heterocycles. The van der Waals surface area contributed by atoms with Gasteiger partial charge in [0.05, 0.1) is 18.0 Å². The molecule has 22 heavy (non-hydrogen) atoms. The Hall–Kier alpha value is -2.05. The summed E-state index contributed by atoms with van der Waals surface area (Å²) >= 11 is 7.16. The van der Waals surface area contributed by atoms with E-state index in [2.05, 4.69) is 10.6 Å². The van der Waals surface area contributed by atoms with Gasteiger partial charge in [-0.1, -0.05) is 23.7 Å². The molecular weight excluding hydrogens is 324 g/mol. The zero-order valence-electron chi connectivity index (χ0n) is 11.7. The summed E-state index contributed by atoms with van der Waals surface area (Å²) in [6, 6.07) is 10.5. The zero-order valence-corrected chi connectivity index (χ0v) is 13.2. The van der Waals surface area contributed by atoms with Crippen molar-refractivity contribution in [3.63, 3.8) is 0 Å². The van der Waals surface area contributed by atoms with Gasteiger partial charge in [0.2, 0.25) is 5.91 Å². The van der Waals surface area contributed by atoms with Crippen molar-refractivity contribution in [2.75, 3.05) is 19.7 Å². The Labute approximate surface area is 137 Å². The molecule has 0 radical (unpaired) electrons. The van der Waals surface area contributed by atoms with Gasteiger partial charge in [-0.3, -0.25) is 9.59 Å². The summed E-state index contributed by atoms with van der Waals surface area (Å²) in [6.07, 6.45) is 0. The second-order valence-corrected chi connectivity index (χ2v) is 5.70. The average Bonchev–Trinajstić information content (AvgIpc) is 3.04. The number of carbonyl (C=O) groups excluding carboxylic acids is 2. The summed E-state index contributed by atoms with van der Waals surface area (Å²) in [6.45, 7) is 0.610. The van der Waals surface area contributed by atoms with E-state index in [1.165, 1.54) is 11.3 Å². The minimum atomic E-state index is -0.264. The Morgan fingerprint density at radius 3 is 2.77 bits per heavy atom. The second kappa shape index (κ2) is 8.41. The molecule has 1 heterocycles. The fourth-order valence-corrected chi connectivity index (χ4v) is 2.45. The van der Waals surface area contributed by atoms with Gasteiger partial charge in [0.1, 0.15) is 12.4 Å². The summed E-state index contributed by atoms with van der Waals surface area (Å²) in [5.41, 5.74) is 0. The second-order valence-electron chi connectivity index (χ2n) is 4.32. The van der Waals surface area contributed by atoms with Crippen molar-refractivity contribution in [2.45, 2.75) is 0 Å². The average molecular weight is 339 g/mol. The van der Waals surface area contributed by atoms with Gasteiger partial charge in [0.25, 0.3) is 5.91 Å². The van der Waals surface area contributed by atoms with Crippen LogP contribution in [0.5, 0.6) is 5.75 Å². The Morgan fingerprint density at radius 2 is 2.05 bits per heavy atom. The van der Waals surface area contributed by atoms with E-state index in [1.807, 2.05) is 5.38 Å². The molecule has 7 heteroatoms. The summed E-state index contributed by atoms with van der Waals surface area (Å²) in [5, 5.41) is 7.61. The third-order valence-corrected chi connectivity index (χ3v) is 3.75. The molecule has 1 aromatic heterocycles. The highest BCUT2D eigenvalue weighted by molar-refractivity contribution is 7.12. The van der Waals surface area contributed by atoms with Crippen LogP contribution in [0.2, 0.25) is 5.02 Å². The van der Waals surface area contributed by atoms with Crippen LogP contribution in [-0.2, 0) is 4.79 Å². The van der Waals surface area contributed by atoms with Crippen LogP contribution in [0.4, 0.5) is 0 Å². The van der Waals surface area contributed by atoms with Gasteiger partial charge in [-0.25, -0.2) is 0 Å². The van der Waals surface area contributed by atoms with Gasteiger partial charge in [-0.05, 0) is 29.6 Å². The van der Waals surface area contributed by atoms with Gasteiger partial charge in [0, 0.05) is 5.02 Å². The molecule has 0 saturated carbocycles. The minimum Gasteiger partial charge on any atom is -0.492 e. The van der Waals surface area contributed by atoms with Gasteiger partial charge < -0.3 is 15.4 Å². The van der Waals surface area contributed by atoms with Crippen molar-refractivity contribution in [3.8, 4) is 5.75 Å². The molecular formula is C15H15ClN2O3S. The van der Waals surface area contributed by atoms with Crippen molar-refractivity contribution in [3.05, 3.63) is 51.7 Å². The SMILES string of the molecule is O=C(CNC(=O)c1cccs1)NCCOc1cccc(Cl)c1. The lowest BCUT2D eigenvalue weighted by Crippen LogP contribution is -2.38. The highest BCUT2D eigenvalue weighted by Gasteiger charge is 2.08. The normalized spacial score (nSPS) is 10.0. The molecule has 0 atom stereocenters. The van der Waals surface area contributed by atoms with Crippen molar-refractivity contribution in [1.29, 1.82) is 0 Å². The van der Waals surface area contributed by atoms with Crippen molar-refractivity contribution in [2.24, 2.45) is 0 Å². The summed E-state index contributed by atoms with van der Waals surface area (Å²) in [5.74, 6) is 0.132. The molecule has 0 aliphatic rings. The number of rotatable bonds is 7. The first-order valence-corrected chi connectivity index (χ1v) is 7.87. The van der Waals surface area contributed by atoms with Crippen LogP contribution in [0.15, 0.2) is 41.8 Å². The van der Waals surface area contributed by atoms with E-state index in [0.29, 0.717) is 28.8 Å². The molecule has 0 spiro atoms. The van der Waals surface area contributed by atoms with Gasteiger partial charge in [-0.2, -0.15) is 0 Å². The third-order valence-electron chi connectivity index (χ3n) is 2.64. The quantitative estimate of drug-likeness (QED) is 0.761. The van der Waals surface area contributed by atoms with E-state index in [-0.39, 0.29) is 18.4 Å². The first-order chi connectivity index (χ1) is 10.6. The van der Waals surface area contributed by atoms with Crippen LogP contribution in [-0.4, -0.2) is 31.5 Å².